The standard InChI is InChI=1S/C10H10F3N/c11-10(12,13)8-3-1-7(2-4-8)5-9-6-14-9/h1-4,9,14H,5-6H2/t9-/m0/s1. The molecule has 1 atom stereocenters. The third-order valence-corrected chi connectivity index (χ3v) is 2.26. The fourth-order valence-electron chi connectivity index (χ4n) is 1.34. The lowest BCUT2D eigenvalue weighted by molar-refractivity contribution is -0.137. The lowest BCUT2D eigenvalue weighted by Crippen LogP contribution is -2.05. The van der Waals surface area contributed by atoms with Gasteiger partial charge < -0.3 is 5.32 Å². The average Bonchev–Trinajstić information content (AvgIpc) is 2.88. The second kappa shape index (κ2) is 3.28. The number of benzene rings is 1. The average molecular weight is 201 g/mol. The highest BCUT2D eigenvalue weighted by Gasteiger charge is 2.30. The van der Waals surface area contributed by atoms with Crippen LogP contribution in [0, 0.1) is 0 Å². The molecule has 1 N–H and O–H groups in total. The molecular weight excluding hydrogens is 191 g/mol. The van der Waals surface area contributed by atoms with Crippen LogP contribution in [-0.2, 0) is 12.6 Å². The van der Waals surface area contributed by atoms with Crippen molar-refractivity contribution in [2.24, 2.45) is 0 Å². The molecule has 0 aliphatic carbocycles. The number of halogens is 3. The Labute approximate surface area is 79.9 Å². The fourth-order valence-corrected chi connectivity index (χ4v) is 1.34. The van der Waals surface area contributed by atoms with Crippen molar-refractivity contribution < 1.29 is 13.2 Å². The Morgan fingerprint density at radius 1 is 1.21 bits per heavy atom. The zero-order chi connectivity index (χ0) is 10.2. The van der Waals surface area contributed by atoms with Crippen molar-refractivity contribution in [3.8, 4) is 0 Å². The van der Waals surface area contributed by atoms with Crippen LogP contribution in [0.1, 0.15) is 11.1 Å². The Morgan fingerprint density at radius 3 is 2.21 bits per heavy atom. The van der Waals surface area contributed by atoms with Crippen molar-refractivity contribution in [3.05, 3.63) is 35.4 Å². The van der Waals surface area contributed by atoms with E-state index >= 15 is 0 Å². The topological polar surface area (TPSA) is 21.9 Å². The SMILES string of the molecule is FC(F)(F)c1ccc(C[C@H]2CN2)cc1. The van der Waals surface area contributed by atoms with Crippen LogP contribution in [0.2, 0.25) is 0 Å². The minimum absolute atomic E-state index is 0.465. The van der Waals surface area contributed by atoms with E-state index in [1.54, 1.807) is 12.1 Å². The molecule has 0 spiro atoms. The molecule has 4 heteroatoms. The molecule has 76 valence electrons. The highest BCUT2D eigenvalue weighted by molar-refractivity contribution is 5.25. The summed E-state index contributed by atoms with van der Waals surface area (Å²) >= 11 is 0. The number of nitrogens with one attached hydrogen (secondary N) is 1. The highest BCUT2D eigenvalue weighted by atomic mass is 19.4. The first-order valence-corrected chi connectivity index (χ1v) is 4.45. The molecule has 0 saturated carbocycles. The van der Waals surface area contributed by atoms with E-state index in [0.29, 0.717) is 6.04 Å². The van der Waals surface area contributed by atoms with Crippen LogP contribution in [0.15, 0.2) is 24.3 Å². The second-order valence-corrected chi connectivity index (χ2v) is 3.50. The summed E-state index contributed by atoms with van der Waals surface area (Å²) in [7, 11) is 0. The Kier molecular flexibility index (Phi) is 2.23. The molecule has 0 aromatic heterocycles. The Hall–Kier alpha value is -1.03. The van der Waals surface area contributed by atoms with Gasteiger partial charge in [0, 0.05) is 12.6 Å². The first-order valence-electron chi connectivity index (χ1n) is 4.45. The highest BCUT2D eigenvalue weighted by Crippen LogP contribution is 2.29. The van der Waals surface area contributed by atoms with Crippen molar-refractivity contribution in [1.29, 1.82) is 0 Å². The molecule has 1 aliphatic rings. The van der Waals surface area contributed by atoms with Crippen molar-refractivity contribution in [3.63, 3.8) is 0 Å². The number of hydrogen-bond acceptors (Lipinski definition) is 1. The minimum atomic E-state index is -4.23. The normalized spacial score (nSPS) is 20.9. The van der Waals surface area contributed by atoms with E-state index < -0.39 is 11.7 Å². The van der Waals surface area contributed by atoms with E-state index in [4.69, 9.17) is 0 Å². The quantitative estimate of drug-likeness (QED) is 0.728. The predicted molar refractivity (Wildman–Crippen MR) is 46.9 cm³/mol. The lowest BCUT2D eigenvalue weighted by atomic mass is 10.1. The van der Waals surface area contributed by atoms with Gasteiger partial charge >= 0.3 is 6.18 Å². The van der Waals surface area contributed by atoms with Crippen LogP contribution in [0.4, 0.5) is 13.2 Å². The van der Waals surface area contributed by atoms with Crippen LogP contribution in [0.3, 0.4) is 0 Å². The molecule has 1 heterocycles. The zero-order valence-corrected chi connectivity index (χ0v) is 7.43. The van der Waals surface area contributed by atoms with Crippen LogP contribution in [-0.4, -0.2) is 12.6 Å². The van der Waals surface area contributed by atoms with Gasteiger partial charge in [-0.05, 0) is 24.1 Å². The molecule has 1 aliphatic heterocycles. The van der Waals surface area contributed by atoms with Crippen molar-refractivity contribution in [1.82, 2.24) is 5.32 Å². The first-order chi connectivity index (χ1) is 6.55. The van der Waals surface area contributed by atoms with Gasteiger partial charge in [0.1, 0.15) is 0 Å². The summed E-state index contributed by atoms with van der Waals surface area (Å²) in [6.45, 7) is 0.973. The molecular formula is C10H10F3N. The maximum Gasteiger partial charge on any atom is 0.416 e. The first kappa shape index (κ1) is 9.52. The molecule has 1 fully saturated rings. The predicted octanol–water partition coefficient (Wildman–Crippen LogP) is 2.22. The molecule has 0 radical (unpaired) electrons. The Balaban J connectivity index is 2.08. The maximum atomic E-state index is 12.2. The lowest BCUT2D eigenvalue weighted by Gasteiger charge is -2.06. The minimum Gasteiger partial charge on any atom is -0.311 e. The molecule has 1 saturated heterocycles. The van der Waals surface area contributed by atoms with Crippen LogP contribution >= 0.6 is 0 Å². The van der Waals surface area contributed by atoms with E-state index in [1.165, 1.54) is 0 Å². The molecule has 0 bridgehead atoms. The summed E-state index contributed by atoms with van der Waals surface area (Å²) in [5.74, 6) is 0. The molecule has 0 unspecified atom stereocenters. The maximum absolute atomic E-state index is 12.2. The van der Waals surface area contributed by atoms with Gasteiger partial charge in [-0.2, -0.15) is 13.2 Å². The number of alkyl halides is 3. The van der Waals surface area contributed by atoms with Crippen LogP contribution in [0.5, 0.6) is 0 Å². The molecule has 2 rings (SSSR count). The second-order valence-electron chi connectivity index (χ2n) is 3.50. The fraction of sp³-hybridized carbons (Fsp3) is 0.400. The van der Waals surface area contributed by atoms with E-state index in [1.807, 2.05) is 0 Å². The Morgan fingerprint density at radius 2 is 1.79 bits per heavy atom. The number of hydrogen-bond donors (Lipinski definition) is 1. The van der Waals surface area contributed by atoms with E-state index in [0.717, 1.165) is 30.7 Å². The zero-order valence-electron chi connectivity index (χ0n) is 7.43. The molecule has 14 heavy (non-hydrogen) atoms. The van der Waals surface area contributed by atoms with Gasteiger partial charge in [-0.25, -0.2) is 0 Å². The number of rotatable bonds is 2. The third-order valence-electron chi connectivity index (χ3n) is 2.26. The monoisotopic (exact) mass is 201 g/mol. The smallest absolute Gasteiger partial charge is 0.311 e. The van der Waals surface area contributed by atoms with Gasteiger partial charge in [-0.3, -0.25) is 0 Å². The van der Waals surface area contributed by atoms with Gasteiger partial charge in [-0.15, -0.1) is 0 Å². The van der Waals surface area contributed by atoms with Gasteiger partial charge in [0.05, 0.1) is 5.56 Å². The van der Waals surface area contributed by atoms with E-state index in [9.17, 15) is 13.2 Å². The molecule has 1 nitrogen and oxygen atoms in total. The van der Waals surface area contributed by atoms with Crippen LogP contribution in [0.25, 0.3) is 0 Å². The van der Waals surface area contributed by atoms with Gasteiger partial charge in [0.2, 0.25) is 0 Å². The van der Waals surface area contributed by atoms with E-state index in [2.05, 4.69) is 5.32 Å². The summed E-state index contributed by atoms with van der Waals surface area (Å²) in [5.41, 5.74) is 0.373. The summed E-state index contributed by atoms with van der Waals surface area (Å²) in [6.07, 6.45) is -3.41. The molecule has 1 aromatic carbocycles. The Bertz CT molecular complexity index is 311. The van der Waals surface area contributed by atoms with Gasteiger partial charge in [-0.1, -0.05) is 12.1 Å². The third kappa shape index (κ3) is 2.26. The summed E-state index contributed by atoms with van der Waals surface area (Å²) < 4.78 is 36.5. The summed E-state index contributed by atoms with van der Waals surface area (Å²) in [5, 5.41) is 3.11. The largest absolute Gasteiger partial charge is 0.416 e. The molecule has 1 aromatic rings. The van der Waals surface area contributed by atoms with Crippen molar-refractivity contribution >= 4 is 0 Å². The van der Waals surface area contributed by atoms with Crippen LogP contribution < -0.4 is 5.32 Å². The summed E-state index contributed by atoms with van der Waals surface area (Å²) in [6, 6.07) is 5.83. The van der Waals surface area contributed by atoms with Crippen molar-refractivity contribution in [2.75, 3.05) is 6.54 Å². The van der Waals surface area contributed by atoms with Crippen molar-refractivity contribution in [2.45, 2.75) is 18.6 Å². The molecule has 0 amide bonds. The summed E-state index contributed by atoms with van der Waals surface area (Å²) in [4.78, 5) is 0. The van der Waals surface area contributed by atoms with E-state index in [-0.39, 0.29) is 0 Å². The van der Waals surface area contributed by atoms with Gasteiger partial charge in [0.25, 0.3) is 0 Å². The van der Waals surface area contributed by atoms with Gasteiger partial charge in [0.15, 0.2) is 0 Å².